The molecule has 0 unspecified atom stereocenters. The molecule has 4 heterocycles. The predicted molar refractivity (Wildman–Crippen MR) is 107 cm³/mol. The van der Waals surface area contributed by atoms with Gasteiger partial charge in [-0.1, -0.05) is 0 Å². The predicted octanol–water partition coefficient (Wildman–Crippen LogP) is 4.39. The number of aromatic nitrogens is 4. The molecule has 0 radical (unpaired) electrons. The number of nitrogens with zero attached hydrogens (tertiary/aromatic N) is 4. The van der Waals surface area contributed by atoms with Crippen LogP contribution in [-0.2, 0) is 12.8 Å². The van der Waals surface area contributed by atoms with E-state index >= 15 is 0 Å². The van der Waals surface area contributed by atoms with E-state index in [-0.39, 0.29) is 0 Å². The Hall–Kier alpha value is -3.06. The average Bonchev–Trinajstić information content (AvgIpc) is 3.30. The van der Waals surface area contributed by atoms with E-state index in [2.05, 4.69) is 15.3 Å². The molecule has 134 valence electrons. The van der Waals surface area contributed by atoms with E-state index in [9.17, 15) is 0 Å². The summed E-state index contributed by atoms with van der Waals surface area (Å²) in [5.41, 5.74) is 3.16. The first kappa shape index (κ1) is 16.1. The number of rotatable bonds is 4. The highest BCUT2D eigenvalue weighted by molar-refractivity contribution is 7.19. The summed E-state index contributed by atoms with van der Waals surface area (Å²) in [5, 5.41) is 4.58. The van der Waals surface area contributed by atoms with E-state index in [1.807, 2.05) is 24.3 Å². The molecule has 0 amide bonds. The maximum Gasteiger partial charge on any atom is 0.213 e. The van der Waals surface area contributed by atoms with Gasteiger partial charge in [-0.3, -0.25) is 4.98 Å². The molecule has 0 atom stereocenters. The first-order valence-corrected chi connectivity index (χ1v) is 9.63. The van der Waals surface area contributed by atoms with Crippen molar-refractivity contribution in [3.05, 3.63) is 53.3 Å². The van der Waals surface area contributed by atoms with Crippen molar-refractivity contribution in [3.8, 4) is 17.3 Å². The highest BCUT2D eigenvalue weighted by Crippen LogP contribution is 2.41. The Kier molecular flexibility index (Phi) is 3.94. The Morgan fingerprint density at radius 2 is 2.07 bits per heavy atom. The fourth-order valence-electron chi connectivity index (χ4n) is 3.42. The lowest BCUT2D eigenvalue weighted by Gasteiger charge is -2.10. The number of fused-ring (bicyclic) bond motifs is 3. The zero-order valence-electron chi connectivity index (χ0n) is 14.8. The molecule has 0 aliphatic heterocycles. The Bertz CT molecular complexity index is 1110. The third-order valence-electron chi connectivity index (χ3n) is 4.69. The van der Waals surface area contributed by atoms with Gasteiger partial charge in [-0.25, -0.2) is 15.0 Å². The summed E-state index contributed by atoms with van der Waals surface area (Å²) in [6.45, 7) is 0. The molecule has 4 aromatic rings. The molecule has 4 aromatic heterocycles. The number of pyridine rings is 2. The van der Waals surface area contributed by atoms with Crippen LogP contribution in [0.1, 0.15) is 16.9 Å². The molecule has 6 nitrogen and oxygen atoms in total. The minimum atomic E-state index is 0.584. The molecule has 1 N–H and O–H groups in total. The van der Waals surface area contributed by atoms with Crippen LogP contribution in [0.2, 0.25) is 0 Å². The van der Waals surface area contributed by atoms with Gasteiger partial charge < -0.3 is 10.1 Å². The second kappa shape index (κ2) is 6.59. The molecule has 27 heavy (non-hydrogen) atoms. The van der Waals surface area contributed by atoms with Crippen LogP contribution < -0.4 is 10.1 Å². The van der Waals surface area contributed by atoms with Crippen molar-refractivity contribution in [2.24, 2.45) is 0 Å². The first-order valence-electron chi connectivity index (χ1n) is 8.81. The molecular formula is C20H17N5OS. The topological polar surface area (TPSA) is 72.8 Å². The van der Waals surface area contributed by atoms with Crippen LogP contribution in [0, 0.1) is 0 Å². The zero-order valence-corrected chi connectivity index (χ0v) is 15.6. The van der Waals surface area contributed by atoms with Crippen LogP contribution >= 0.6 is 11.3 Å². The maximum absolute atomic E-state index is 5.14. The summed E-state index contributed by atoms with van der Waals surface area (Å²) in [6.07, 6.45) is 8.71. The number of methoxy groups -OCH3 is 1. The molecule has 0 bridgehead atoms. The van der Waals surface area contributed by atoms with Gasteiger partial charge in [0.15, 0.2) is 5.82 Å². The third-order valence-corrected chi connectivity index (χ3v) is 5.88. The number of aryl methyl sites for hydroxylation is 2. The van der Waals surface area contributed by atoms with Crippen LogP contribution in [0.5, 0.6) is 5.88 Å². The Morgan fingerprint density at radius 1 is 1.11 bits per heavy atom. The molecule has 0 spiro atoms. The van der Waals surface area contributed by atoms with Crippen molar-refractivity contribution in [2.75, 3.05) is 12.4 Å². The Balaban J connectivity index is 1.65. The van der Waals surface area contributed by atoms with Crippen LogP contribution in [0.15, 0.2) is 42.9 Å². The van der Waals surface area contributed by atoms with Gasteiger partial charge in [0.25, 0.3) is 0 Å². The number of hydrogen-bond acceptors (Lipinski definition) is 7. The fraction of sp³-hybridized carbons (Fsp3) is 0.200. The monoisotopic (exact) mass is 375 g/mol. The van der Waals surface area contributed by atoms with Crippen LogP contribution in [0.4, 0.5) is 11.5 Å². The molecule has 5 rings (SSSR count). The van der Waals surface area contributed by atoms with Crippen molar-refractivity contribution >= 4 is 33.1 Å². The van der Waals surface area contributed by atoms with E-state index in [0.717, 1.165) is 40.1 Å². The van der Waals surface area contributed by atoms with Gasteiger partial charge in [0, 0.05) is 28.9 Å². The lowest BCUT2D eigenvalue weighted by atomic mass is 10.1. The van der Waals surface area contributed by atoms with Gasteiger partial charge in [0.05, 0.1) is 24.4 Å². The van der Waals surface area contributed by atoms with E-state index < -0.39 is 0 Å². The molecule has 0 fully saturated rings. The maximum atomic E-state index is 5.14. The fourth-order valence-corrected chi connectivity index (χ4v) is 4.68. The molecule has 0 saturated carbocycles. The highest BCUT2D eigenvalue weighted by Gasteiger charge is 2.23. The van der Waals surface area contributed by atoms with Crippen molar-refractivity contribution in [2.45, 2.75) is 19.3 Å². The second-order valence-electron chi connectivity index (χ2n) is 6.39. The summed E-state index contributed by atoms with van der Waals surface area (Å²) in [4.78, 5) is 20.6. The van der Waals surface area contributed by atoms with E-state index in [1.165, 1.54) is 16.9 Å². The van der Waals surface area contributed by atoms with Gasteiger partial charge in [0.2, 0.25) is 5.88 Å². The standard InChI is InChI=1S/C20H17N5OS/c1-26-16-8-7-13(11-22-16)23-19-17-14-5-2-6-15(14)27-20(17)25-18(24-19)12-4-3-9-21-10-12/h3-4,7-11H,2,5-6H2,1H3,(H,23,24,25). The molecule has 0 saturated heterocycles. The lowest BCUT2D eigenvalue weighted by molar-refractivity contribution is 0.398. The summed E-state index contributed by atoms with van der Waals surface area (Å²) < 4.78 is 5.14. The van der Waals surface area contributed by atoms with E-state index in [4.69, 9.17) is 14.7 Å². The summed E-state index contributed by atoms with van der Waals surface area (Å²) in [7, 11) is 1.61. The van der Waals surface area contributed by atoms with E-state index in [0.29, 0.717) is 11.7 Å². The minimum Gasteiger partial charge on any atom is -0.481 e. The minimum absolute atomic E-state index is 0.584. The Morgan fingerprint density at radius 3 is 2.85 bits per heavy atom. The molecular weight excluding hydrogens is 358 g/mol. The van der Waals surface area contributed by atoms with Crippen LogP contribution in [-0.4, -0.2) is 27.0 Å². The molecule has 7 heteroatoms. The largest absolute Gasteiger partial charge is 0.481 e. The number of anilines is 2. The quantitative estimate of drug-likeness (QED) is 0.570. The number of thiophene rings is 1. The van der Waals surface area contributed by atoms with Gasteiger partial charge in [-0.15, -0.1) is 11.3 Å². The first-order chi connectivity index (χ1) is 13.3. The van der Waals surface area contributed by atoms with E-state index in [1.54, 1.807) is 37.0 Å². The van der Waals surface area contributed by atoms with Gasteiger partial charge in [-0.2, -0.15) is 0 Å². The summed E-state index contributed by atoms with van der Waals surface area (Å²) >= 11 is 1.78. The van der Waals surface area contributed by atoms with Gasteiger partial charge in [-0.05, 0) is 43.0 Å². The zero-order chi connectivity index (χ0) is 18.2. The van der Waals surface area contributed by atoms with Crippen molar-refractivity contribution in [1.82, 2.24) is 19.9 Å². The summed E-state index contributed by atoms with van der Waals surface area (Å²) in [6, 6.07) is 7.66. The summed E-state index contributed by atoms with van der Waals surface area (Å²) in [5.74, 6) is 2.09. The highest BCUT2D eigenvalue weighted by atomic mass is 32.1. The second-order valence-corrected chi connectivity index (χ2v) is 7.47. The van der Waals surface area contributed by atoms with Crippen LogP contribution in [0.3, 0.4) is 0 Å². The van der Waals surface area contributed by atoms with Crippen molar-refractivity contribution in [3.63, 3.8) is 0 Å². The van der Waals surface area contributed by atoms with Crippen molar-refractivity contribution < 1.29 is 4.74 Å². The normalized spacial score (nSPS) is 12.9. The molecule has 0 aromatic carbocycles. The van der Waals surface area contributed by atoms with Crippen LogP contribution in [0.25, 0.3) is 21.6 Å². The molecule has 1 aliphatic rings. The van der Waals surface area contributed by atoms with Gasteiger partial charge in [0.1, 0.15) is 10.6 Å². The molecule has 1 aliphatic carbocycles. The SMILES string of the molecule is COc1ccc(Nc2nc(-c3cccnc3)nc3sc4c(c23)CCC4)cn1. The Labute approximate surface area is 160 Å². The third kappa shape index (κ3) is 2.90. The number of hydrogen-bond donors (Lipinski definition) is 1. The number of ether oxygens (including phenoxy) is 1. The average molecular weight is 375 g/mol. The van der Waals surface area contributed by atoms with Crippen molar-refractivity contribution in [1.29, 1.82) is 0 Å². The smallest absolute Gasteiger partial charge is 0.213 e. The lowest BCUT2D eigenvalue weighted by Crippen LogP contribution is -2.00. The van der Waals surface area contributed by atoms with Gasteiger partial charge >= 0.3 is 0 Å². The number of nitrogens with one attached hydrogen (secondary N) is 1.